The molecule has 3 aromatic rings. The quantitative estimate of drug-likeness (QED) is 0.662. The normalized spacial score (nSPS) is 11.6. The molecule has 0 aliphatic carbocycles. The van der Waals surface area contributed by atoms with Gasteiger partial charge in [0.05, 0.1) is 15.9 Å². The van der Waals surface area contributed by atoms with Crippen molar-refractivity contribution in [2.45, 2.75) is 17.7 Å². The summed E-state index contributed by atoms with van der Waals surface area (Å²) < 4.78 is 23.1. The average molecular weight is 357 g/mol. The Morgan fingerprint density at radius 2 is 1.96 bits per heavy atom. The second kappa shape index (κ2) is 7.06. The molecule has 1 aromatic heterocycles. The predicted molar refractivity (Wildman–Crippen MR) is 96.3 cm³/mol. The zero-order chi connectivity index (χ0) is 17.9. The van der Waals surface area contributed by atoms with Crippen LogP contribution in [0.4, 0.5) is 0 Å². The summed E-state index contributed by atoms with van der Waals surface area (Å²) in [7, 11) is -3.33. The van der Waals surface area contributed by atoms with Crippen LogP contribution in [-0.2, 0) is 16.3 Å². The molecule has 0 saturated heterocycles. The number of aryl methyl sites for hydroxylation is 1. The van der Waals surface area contributed by atoms with E-state index in [0.29, 0.717) is 12.1 Å². The molecule has 0 atom stereocenters. The largest absolute Gasteiger partial charge is 0.352 e. The molecule has 6 nitrogen and oxygen atoms in total. The van der Waals surface area contributed by atoms with Crippen LogP contribution >= 0.6 is 0 Å². The fourth-order valence-electron chi connectivity index (χ4n) is 2.55. The number of aromatic nitrogens is 2. The van der Waals surface area contributed by atoms with Crippen molar-refractivity contribution >= 4 is 26.8 Å². The van der Waals surface area contributed by atoms with Gasteiger partial charge in [-0.3, -0.25) is 4.79 Å². The number of nitrogens with one attached hydrogen (secondary N) is 2. The molecule has 0 unspecified atom stereocenters. The fourth-order valence-corrected chi connectivity index (χ4v) is 3.22. The van der Waals surface area contributed by atoms with Gasteiger partial charge in [-0.05, 0) is 36.8 Å². The summed E-state index contributed by atoms with van der Waals surface area (Å²) in [5.74, 6) is 0.602. The topological polar surface area (TPSA) is 91.9 Å². The number of para-hydroxylation sites is 2. The van der Waals surface area contributed by atoms with E-state index >= 15 is 0 Å². The highest BCUT2D eigenvalue weighted by Gasteiger charge is 2.11. The van der Waals surface area contributed by atoms with Crippen molar-refractivity contribution in [3.05, 3.63) is 59.9 Å². The third-order valence-electron chi connectivity index (χ3n) is 3.84. The number of aromatic amines is 1. The standard InChI is InChI=1S/C18H19N3O3S/c1-25(23,24)14-7-4-6-13(12-14)18(22)19-11-5-10-17-20-15-8-2-3-9-16(15)21-17/h2-4,6-9,12H,5,10-11H2,1H3,(H,19,22)(H,20,21). The second-order valence-electron chi connectivity index (χ2n) is 5.86. The summed E-state index contributed by atoms with van der Waals surface area (Å²) in [5.41, 5.74) is 2.27. The van der Waals surface area contributed by atoms with Crippen LogP contribution in [-0.4, -0.2) is 37.1 Å². The highest BCUT2D eigenvalue weighted by atomic mass is 32.2. The van der Waals surface area contributed by atoms with Gasteiger partial charge in [0.2, 0.25) is 0 Å². The molecule has 25 heavy (non-hydrogen) atoms. The molecule has 0 aliphatic rings. The zero-order valence-corrected chi connectivity index (χ0v) is 14.6. The smallest absolute Gasteiger partial charge is 0.251 e. The Kier molecular flexibility index (Phi) is 4.85. The van der Waals surface area contributed by atoms with Crippen molar-refractivity contribution < 1.29 is 13.2 Å². The van der Waals surface area contributed by atoms with Gasteiger partial charge in [-0.2, -0.15) is 0 Å². The van der Waals surface area contributed by atoms with E-state index in [2.05, 4.69) is 15.3 Å². The van der Waals surface area contributed by atoms with Crippen molar-refractivity contribution in [3.63, 3.8) is 0 Å². The molecule has 2 aromatic carbocycles. The highest BCUT2D eigenvalue weighted by molar-refractivity contribution is 7.90. The van der Waals surface area contributed by atoms with Gasteiger partial charge >= 0.3 is 0 Å². The number of imidazole rings is 1. The molecule has 0 spiro atoms. The fraction of sp³-hybridized carbons (Fsp3) is 0.222. The molecule has 1 heterocycles. The minimum Gasteiger partial charge on any atom is -0.352 e. The number of amides is 1. The van der Waals surface area contributed by atoms with Gasteiger partial charge in [-0.15, -0.1) is 0 Å². The minimum absolute atomic E-state index is 0.141. The Morgan fingerprint density at radius 3 is 2.72 bits per heavy atom. The van der Waals surface area contributed by atoms with Crippen LogP contribution in [0, 0.1) is 0 Å². The highest BCUT2D eigenvalue weighted by Crippen LogP contribution is 2.12. The summed E-state index contributed by atoms with van der Waals surface area (Å²) in [6.45, 7) is 0.485. The van der Waals surface area contributed by atoms with Crippen molar-refractivity contribution in [1.29, 1.82) is 0 Å². The number of carbonyl (C=O) groups excluding carboxylic acids is 1. The average Bonchev–Trinajstić information content (AvgIpc) is 3.00. The third kappa shape index (κ3) is 4.24. The first-order valence-corrected chi connectivity index (χ1v) is 9.84. The van der Waals surface area contributed by atoms with Crippen molar-refractivity contribution in [3.8, 4) is 0 Å². The van der Waals surface area contributed by atoms with Crippen LogP contribution in [0.15, 0.2) is 53.4 Å². The van der Waals surface area contributed by atoms with Crippen LogP contribution in [0.2, 0.25) is 0 Å². The Hall–Kier alpha value is -2.67. The van der Waals surface area contributed by atoms with Crippen molar-refractivity contribution in [1.82, 2.24) is 15.3 Å². The van der Waals surface area contributed by atoms with Gasteiger partial charge in [0.25, 0.3) is 5.91 Å². The molecule has 0 radical (unpaired) electrons. The van der Waals surface area contributed by atoms with Gasteiger partial charge in [0, 0.05) is 24.8 Å². The number of rotatable bonds is 6. The molecule has 0 bridgehead atoms. The van der Waals surface area contributed by atoms with E-state index in [1.54, 1.807) is 12.1 Å². The monoisotopic (exact) mass is 357 g/mol. The maximum atomic E-state index is 12.1. The van der Waals surface area contributed by atoms with Gasteiger partial charge in [-0.25, -0.2) is 13.4 Å². The molecular formula is C18H19N3O3S. The van der Waals surface area contributed by atoms with Crippen molar-refractivity contribution in [2.75, 3.05) is 12.8 Å². The first-order valence-electron chi connectivity index (χ1n) is 7.95. The molecule has 0 fully saturated rings. The van der Waals surface area contributed by atoms with Gasteiger partial charge in [-0.1, -0.05) is 18.2 Å². The van der Waals surface area contributed by atoms with Gasteiger partial charge < -0.3 is 10.3 Å². The number of nitrogens with zero attached hydrogens (tertiary/aromatic N) is 1. The summed E-state index contributed by atoms with van der Waals surface area (Å²) in [6.07, 6.45) is 2.58. The lowest BCUT2D eigenvalue weighted by Crippen LogP contribution is -2.25. The molecule has 3 rings (SSSR count). The van der Waals surface area contributed by atoms with E-state index in [1.807, 2.05) is 24.3 Å². The number of hydrogen-bond acceptors (Lipinski definition) is 4. The van der Waals surface area contributed by atoms with Crippen LogP contribution in [0.1, 0.15) is 22.6 Å². The lowest BCUT2D eigenvalue weighted by Gasteiger charge is -2.06. The Morgan fingerprint density at radius 1 is 1.16 bits per heavy atom. The summed E-state index contributed by atoms with van der Waals surface area (Å²) in [5, 5.41) is 2.81. The Bertz CT molecular complexity index is 976. The molecule has 2 N–H and O–H groups in total. The SMILES string of the molecule is CS(=O)(=O)c1cccc(C(=O)NCCCc2nc3ccccc3[nH]2)c1. The maximum absolute atomic E-state index is 12.1. The van der Waals surface area contributed by atoms with E-state index in [0.717, 1.165) is 36.0 Å². The summed E-state index contributed by atoms with van der Waals surface area (Å²) in [4.78, 5) is 20.0. The first kappa shape index (κ1) is 17.2. The molecular weight excluding hydrogens is 338 g/mol. The third-order valence-corrected chi connectivity index (χ3v) is 4.95. The maximum Gasteiger partial charge on any atom is 0.251 e. The van der Waals surface area contributed by atoms with Crippen molar-refractivity contribution in [2.24, 2.45) is 0 Å². The zero-order valence-electron chi connectivity index (χ0n) is 13.8. The molecule has 7 heteroatoms. The number of H-pyrrole nitrogens is 1. The predicted octanol–water partition coefficient (Wildman–Crippen LogP) is 2.33. The number of fused-ring (bicyclic) bond motifs is 1. The summed E-state index contributed by atoms with van der Waals surface area (Å²) >= 11 is 0. The van der Waals surface area contributed by atoms with Crippen LogP contribution in [0.5, 0.6) is 0 Å². The van der Waals surface area contributed by atoms with Crippen LogP contribution in [0.3, 0.4) is 0 Å². The van der Waals surface area contributed by atoms with E-state index in [1.165, 1.54) is 12.1 Å². The molecule has 1 amide bonds. The number of carbonyl (C=O) groups is 1. The molecule has 130 valence electrons. The lowest BCUT2D eigenvalue weighted by molar-refractivity contribution is 0.0953. The van der Waals surface area contributed by atoms with E-state index in [9.17, 15) is 13.2 Å². The first-order chi connectivity index (χ1) is 11.9. The Labute approximate surface area is 146 Å². The minimum atomic E-state index is -3.33. The molecule has 0 aliphatic heterocycles. The van der Waals surface area contributed by atoms with Gasteiger partial charge in [0.15, 0.2) is 9.84 Å². The van der Waals surface area contributed by atoms with Gasteiger partial charge in [0.1, 0.15) is 5.82 Å². The Balaban J connectivity index is 1.54. The van der Waals surface area contributed by atoms with E-state index < -0.39 is 9.84 Å². The van der Waals surface area contributed by atoms with Crippen LogP contribution < -0.4 is 5.32 Å². The number of benzene rings is 2. The lowest BCUT2D eigenvalue weighted by atomic mass is 10.2. The second-order valence-corrected chi connectivity index (χ2v) is 7.88. The van der Waals surface area contributed by atoms with E-state index in [4.69, 9.17) is 0 Å². The van der Waals surface area contributed by atoms with Crippen LogP contribution in [0.25, 0.3) is 11.0 Å². The van der Waals surface area contributed by atoms with E-state index in [-0.39, 0.29) is 10.8 Å². The summed E-state index contributed by atoms with van der Waals surface area (Å²) in [6, 6.07) is 13.9. The number of hydrogen-bond donors (Lipinski definition) is 2. The number of sulfone groups is 1. The molecule has 0 saturated carbocycles.